The van der Waals surface area contributed by atoms with Gasteiger partial charge in [0.15, 0.2) is 0 Å². The molecule has 116 valence electrons. The molecule has 5 nitrogen and oxygen atoms in total. The molecule has 5 heteroatoms. The third-order valence-corrected chi connectivity index (χ3v) is 5.08. The maximum Gasteiger partial charge on any atom is 0.339 e. The van der Waals surface area contributed by atoms with Crippen LogP contribution < -0.4 is 0 Å². The number of aromatic nitrogens is 2. The topological polar surface area (TPSA) is 64.4 Å². The van der Waals surface area contributed by atoms with Crippen molar-refractivity contribution in [3.05, 3.63) is 17.0 Å². The van der Waals surface area contributed by atoms with E-state index >= 15 is 0 Å². The van der Waals surface area contributed by atoms with Crippen molar-refractivity contribution in [2.75, 3.05) is 0 Å². The molecule has 2 heterocycles. The molecule has 1 saturated heterocycles. The predicted molar refractivity (Wildman–Crippen MR) is 78.6 cm³/mol. The normalized spacial score (nSPS) is 24.6. The van der Waals surface area contributed by atoms with Crippen molar-refractivity contribution >= 4 is 5.97 Å². The minimum absolute atomic E-state index is 0.106. The van der Waals surface area contributed by atoms with Crippen LogP contribution >= 0.6 is 0 Å². The summed E-state index contributed by atoms with van der Waals surface area (Å²) in [7, 11) is 0. The summed E-state index contributed by atoms with van der Waals surface area (Å²) in [5, 5.41) is 13.6. The van der Waals surface area contributed by atoms with Crippen LogP contribution in [-0.2, 0) is 11.3 Å². The predicted octanol–water partition coefficient (Wildman–Crippen LogP) is 3.08. The van der Waals surface area contributed by atoms with Gasteiger partial charge in [-0.15, -0.1) is 0 Å². The number of aromatic carboxylic acids is 1. The van der Waals surface area contributed by atoms with Crippen LogP contribution in [0.25, 0.3) is 0 Å². The molecular formula is C16H24N2O3. The molecule has 21 heavy (non-hydrogen) atoms. The van der Waals surface area contributed by atoms with Gasteiger partial charge >= 0.3 is 5.97 Å². The van der Waals surface area contributed by atoms with E-state index in [4.69, 9.17) is 4.74 Å². The monoisotopic (exact) mass is 292 g/mol. The van der Waals surface area contributed by atoms with Gasteiger partial charge in [0, 0.05) is 0 Å². The molecule has 0 aromatic carbocycles. The van der Waals surface area contributed by atoms with Gasteiger partial charge in [-0.05, 0) is 39.5 Å². The van der Waals surface area contributed by atoms with Crippen LogP contribution in [0.5, 0.6) is 0 Å². The largest absolute Gasteiger partial charge is 0.478 e. The average molecular weight is 292 g/mol. The standard InChI is InChI=1S/C16H24N2O3/c1-11-14(15(19)20)12(2)18(17-11)10-13-6-9-16(21-13)7-4-3-5-8-16/h13H,3-10H2,1-2H3,(H,19,20). The SMILES string of the molecule is Cc1nn(CC2CCC3(CCCCC3)O2)c(C)c1C(=O)O. The zero-order valence-corrected chi connectivity index (χ0v) is 12.9. The van der Waals surface area contributed by atoms with Crippen LogP contribution in [0.2, 0.25) is 0 Å². The molecule has 1 unspecified atom stereocenters. The summed E-state index contributed by atoms with van der Waals surface area (Å²) in [6.45, 7) is 4.25. The van der Waals surface area contributed by atoms with Crippen molar-refractivity contribution in [1.82, 2.24) is 9.78 Å². The summed E-state index contributed by atoms with van der Waals surface area (Å²) in [6, 6.07) is 0. The highest BCUT2D eigenvalue weighted by atomic mass is 16.5. The first kappa shape index (κ1) is 14.6. The third-order valence-electron chi connectivity index (χ3n) is 5.08. The van der Waals surface area contributed by atoms with E-state index < -0.39 is 5.97 Å². The smallest absolute Gasteiger partial charge is 0.339 e. The summed E-state index contributed by atoms with van der Waals surface area (Å²) >= 11 is 0. The first-order chi connectivity index (χ1) is 10.0. The van der Waals surface area contributed by atoms with Gasteiger partial charge in [0.2, 0.25) is 0 Å². The lowest BCUT2D eigenvalue weighted by Crippen LogP contribution is -2.32. The molecule has 2 fully saturated rings. The summed E-state index contributed by atoms with van der Waals surface area (Å²) in [4.78, 5) is 11.3. The van der Waals surface area contributed by atoms with E-state index in [1.54, 1.807) is 6.92 Å². The number of carboxylic acid groups (broad SMARTS) is 1. The fourth-order valence-electron chi connectivity index (χ4n) is 3.97. The molecule has 1 spiro atoms. The summed E-state index contributed by atoms with van der Waals surface area (Å²) < 4.78 is 8.16. The summed E-state index contributed by atoms with van der Waals surface area (Å²) in [5.74, 6) is -0.896. The van der Waals surface area contributed by atoms with Crippen LogP contribution in [0.15, 0.2) is 0 Å². The quantitative estimate of drug-likeness (QED) is 0.930. The van der Waals surface area contributed by atoms with Crippen LogP contribution in [-0.4, -0.2) is 32.6 Å². The Hall–Kier alpha value is -1.36. The van der Waals surface area contributed by atoms with Crippen LogP contribution in [0.3, 0.4) is 0 Å². The number of carboxylic acids is 1. The molecule has 1 aliphatic carbocycles. The number of hydrogen-bond donors (Lipinski definition) is 1. The second-order valence-corrected chi connectivity index (χ2v) is 6.56. The Morgan fingerprint density at radius 1 is 1.33 bits per heavy atom. The Bertz CT molecular complexity index is 544. The Labute approximate surface area is 125 Å². The number of aryl methyl sites for hydroxylation is 1. The minimum Gasteiger partial charge on any atom is -0.478 e. The number of carbonyl (C=O) groups is 1. The van der Waals surface area contributed by atoms with Crippen molar-refractivity contribution in [2.24, 2.45) is 0 Å². The van der Waals surface area contributed by atoms with Crippen LogP contribution in [0.1, 0.15) is 66.7 Å². The lowest BCUT2D eigenvalue weighted by Gasteiger charge is -2.33. The zero-order valence-electron chi connectivity index (χ0n) is 12.9. The van der Waals surface area contributed by atoms with Gasteiger partial charge in [-0.3, -0.25) is 4.68 Å². The fourth-order valence-corrected chi connectivity index (χ4v) is 3.97. The molecular weight excluding hydrogens is 268 g/mol. The first-order valence-electron chi connectivity index (χ1n) is 7.96. The Balaban J connectivity index is 1.71. The number of rotatable bonds is 3. The van der Waals surface area contributed by atoms with Gasteiger partial charge in [-0.2, -0.15) is 5.10 Å². The van der Waals surface area contributed by atoms with Gasteiger partial charge in [0.1, 0.15) is 5.56 Å². The minimum atomic E-state index is -0.896. The highest BCUT2D eigenvalue weighted by Crippen LogP contribution is 2.42. The van der Waals surface area contributed by atoms with E-state index in [1.165, 1.54) is 32.1 Å². The van der Waals surface area contributed by atoms with Crippen LogP contribution in [0.4, 0.5) is 0 Å². The van der Waals surface area contributed by atoms with Gasteiger partial charge in [0.05, 0.1) is 29.6 Å². The van der Waals surface area contributed by atoms with Crippen LogP contribution in [0, 0.1) is 13.8 Å². The number of nitrogens with zero attached hydrogens (tertiary/aromatic N) is 2. The highest BCUT2D eigenvalue weighted by molar-refractivity contribution is 5.90. The number of hydrogen-bond acceptors (Lipinski definition) is 3. The molecule has 0 amide bonds. The number of ether oxygens (including phenoxy) is 1. The zero-order chi connectivity index (χ0) is 15.0. The van der Waals surface area contributed by atoms with Crippen molar-refractivity contribution in [3.63, 3.8) is 0 Å². The fraction of sp³-hybridized carbons (Fsp3) is 0.750. The molecule has 1 aromatic rings. The Morgan fingerprint density at radius 2 is 2.05 bits per heavy atom. The maximum absolute atomic E-state index is 11.3. The van der Waals surface area contributed by atoms with Gasteiger partial charge in [-0.1, -0.05) is 19.3 Å². The molecule has 0 radical (unpaired) electrons. The molecule has 2 aliphatic rings. The highest BCUT2D eigenvalue weighted by Gasteiger charge is 2.41. The average Bonchev–Trinajstić information content (AvgIpc) is 2.93. The molecule has 1 aromatic heterocycles. The second kappa shape index (κ2) is 5.44. The van der Waals surface area contributed by atoms with Crippen molar-refractivity contribution in [1.29, 1.82) is 0 Å². The lowest BCUT2D eigenvalue weighted by molar-refractivity contribution is -0.0690. The van der Waals surface area contributed by atoms with Gasteiger partial charge in [-0.25, -0.2) is 4.79 Å². The van der Waals surface area contributed by atoms with Gasteiger partial charge in [0.25, 0.3) is 0 Å². The summed E-state index contributed by atoms with van der Waals surface area (Å²) in [5.41, 5.74) is 1.76. The molecule has 1 N–H and O–H groups in total. The van der Waals surface area contributed by atoms with E-state index in [2.05, 4.69) is 5.10 Å². The van der Waals surface area contributed by atoms with Gasteiger partial charge < -0.3 is 9.84 Å². The third kappa shape index (κ3) is 2.71. The van der Waals surface area contributed by atoms with Crippen molar-refractivity contribution in [2.45, 2.75) is 77.0 Å². The maximum atomic E-state index is 11.3. The van der Waals surface area contributed by atoms with E-state index in [0.29, 0.717) is 17.8 Å². The Morgan fingerprint density at radius 3 is 2.67 bits per heavy atom. The van der Waals surface area contributed by atoms with Crippen molar-refractivity contribution < 1.29 is 14.6 Å². The molecule has 1 saturated carbocycles. The molecule has 0 bridgehead atoms. The van der Waals surface area contributed by atoms with E-state index in [1.807, 2.05) is 11.6 Å². The second-order valence-electron chi connectivity index (χ2n) is 6.56. The first-order valence-corrected chi connectivity index (χ1v) is 7.96. The summed E-state index contributed by atoms with van der Waals surface area (Å²) in [6.07, 6.45) is 8.61. The van der Waals surface area contributed by atoms with E-state index in [9.17, 15) is 9.90 Å². The Kier molecular flexibility index (Phi) is 3.78. The van der Waals surface area contributed by atoms with E-state index in [0.717, 1.165) is 18.5 Å². The molecule has 3 rings (SSSR count). The van der Waals surface area contributed by atoms with Crippen molar-refractivity contribution in [3.8, 4) is 0 Å². The lowest BCUT2D eigenvalue weighted by atomic mass is 9.83. The van der Waals surface area contributed by atoms with E-state index in [-0.39, 0.29) is 11.7 Å². The molecule has 1 atom stereocenters. The molecule has 1 aliphatic heterocycles.